The molecule has 20 valence electrons. The van der Waals surface area contributed by atoms with Crippen LogP contribution in [0.2, 0.25) is 0 Å². The van der Waals surface area contributed by atoms with Crippen molar-refractivity contribution in [2.45, 2.75) is 0 Å². The predicted molar refractivity (Wildman–Crippen MR) is 7.15 cm³/mol. The monoisotopic (exact) mass is 286 g/mol. The Hall–Kier alpha value is 3.10. The van der Waals surface area contributed by atoms with Crippen LogP contribution in [0.3, 0.4) is 0 Å². The first-order valence-corrected chi connectivity index (χ1v) is 0. The quantitative estimate of drug-likeness (QED) is 0.519. The summed E-state index contributed by atoms with van der Waals surface area (Å²) in [5.74, 6) is 0. The molecule has 4 heavy (non-hydrogen) atoms. The van der Waals surface area contributed by atoms with Crippen LogP contribution in [0, 0.1) is 43.9 Å². The minimum atomic E-state index is 0. The van der Waals surface area contributed by atoms with E-state index >= 15 is 0 Å². The molecule has 0 bridgehead atoms. The molecular weight excluding hydrogens is 284 g/mol. The average Bonchev–Trinajstić information content (AvgIpc) is 0. The molecule has 0 atom stereocenters. The predicted octanol–water partition coefficient (Wildman–Crippen LogP) is -0.651. The Bertz CT molecular complexity index is 8.00. The van der Waals surface area contributed by atoms with Crippen molar-refractivity contribution in [2.75, 3.05) is 0 Å². The van der Waals surface area contributed by atoms with Crippen LogP contribution >= 0.6 is 0 Å². The zero-order chi connectivity index (χ0) is 0. The van der Waals surface area contributed by atoms with Gasteiger partial charge < -0.3 is 0 Å². The summed E-state index contributed by atoms with van der Waals surface area (Å²) < 4.78 is 0. The molecule has 0 aliphatic heterocycles. The molecular formula is HArHgNaNe. The van der Waals surface area contributed by atoms with Gasteiger partial charge in [0.15, 0.2) is 0 Å². The second-order valence-electron chi connectivity index (χ2n) is 0. The van der Waals surface area contributed by atoms with Gasteiger partial charge >= 0.3 is 29.6 Å². The van der Waals surface area contributed by atoms with Crippen LogP contribution in [0.1, 0.15) is 0 Å². The molecule has 0 aromatic rings. The van der Waals surface area contributed by atoms with Crippen LogP contribution in [-0.4, -0.2) is 29.6 Å². The fourth-order valence-electron chi connectivity index (χ4n) is 0. The zero-order valence-electron chi connectivity index (χ0n) is 1.41. The van der Waals surface area contributed by atoms with E-state index in [9.17, 15) is 0 Å². The van der Waals surface area contributed by atoms with Crippen molar-refractivity contribution in [1.82, 2.24) is 0 Å². The van der Waals surface area contributed by atoms with Gasteiger partial charge in [0, 0.05) is 71.6 Å². The molecule has 0 fully saturated rings. The molecule has 0 saturated heterocycles. The van der Waals surface area contributed by atoms with Crippen LogP contribution < -0.4 is 0 Å². The topological polar surface area (TPSA) is 0 Å². The summed E-state index contributed by atoms with van der Waals surface area (Å²) in [7, 11) is 0. The van der Waals surface area contributed by atoms with E-state index in [1.165, 1.54) is 0 Å². The van der Waals surface area contributed by atoms with Crippen LogP contribution in [-0.2, 0) is 27.7 Å². The van der Waals surface area contributed by atoms with Crippen LogP contribution in [0.4, 0.5) is 0 Å². The Morgan fingerprint density at radius 3 is 1.00 bits per heavy atom. The van der Waals surface area contributed by atoms with Crippen molar-refractivity contribution in [1.29, 1.82) is 0 Å². The normalized spacial score (nSPS) is 0. The minimum Gasteiger partial charge on any atom is 0 e. The van der Waals surface area contributed by atoms with E-state index in [0.29, 0.717) is 0 Å². The molecule has 0 aromatic carbocycles. The molecule has 4 heteroatoms. The van der Waals surface area contributed by atoms with Crippen molar-refractivity contribution >= 4 is 29.6 Å². The first-order valence-electron chi connectivity index (χ1n) is 0. The van der Waals surface area contributed by atoms with Crippen molar-refractivity contribution in [2.24, 2.45) is 0 Å². The Morgan fingerprint density at radius 2 is 1.00 bits per heavy atom. The third kappa shape index (κ3) is 8.92. The molecule has 0 amide bonds. The number of rotatable bonds is 0. The van der Waals surface area contributed by atoms with E-state index < -0.39 is 0 Å². The van der Waals surface area contributed by atoms with Crippen molar-refractivity contribution < 1.29 is 71.6 Å². The molecule has 0 spiro atoms. The second-order valence-corrected chi connectivity index (χ2v) is 0. The zero-order valence-corrected chi connectivity index (χ0v) is 7.62. The molecule has 0 rings (SSSR count). The summed E-state index contributed by atoms with van der Waals surface area (Å²) in [4.78, 5) is 0. The van der Waals surface area contributed by atoms with E-state index in [2.05, 4.69) is 0 Å². The third-order valence-corrected chi connectivity index (χ3v) is 0. The van der Waals surface area contributed by atoms with Gasteiger partial charge in [0.25, 0.3) is 0 Å². The van der Waals surface area contributed by atoms with Gasteiger partial charge in [0.1, 0.15) is 0 Å². The Kier molecular flexibility index (Phi) is 113. The molecule has 0 radical (unpaired) electrons. The van der Waals surface area contributed by atoms with Gasteiger partial charge in [0.2, 0.25) is 0 Å². The maximum absolute atomic E-state index is 0. The largest absolute Gasteiger partial charge is 0 e. The summed E-state index contributed by atoms with van der Waals surface area (Å²) in [6, 6.07) is 0. The second kappa shape index (κ2) is 16.5. The standard InChI is InChI=1S/Ar.Hg.Na.Ne.H. The molecule has 0 aliphatic rings. The van der Waals surface area contributed by atoms with Crippen LogP contribution in [0.25, 0.3) is 0 Å². The van der Waals surface area contributed by atoms with Crippen LogP contribution in [0.15, 0.2) is 0 Å². The first kappa shape index (κ1) is 27.5. The molecule has 0 heterocycles. The van der Waals surface area contributed by atoms with Crippen molar-refractivity contribution in [3.63, 3.8) is 0 Å². The van der Waals surface area contributed by atoms with Gasteiger partial charge in [-0.15, -0.1) is 0 Å². The van der Waals surface area contributed by atoms with Gasteiger partial charge in [0.05, 0.1) is 0 Å². The number of hydrogen-bond acceptors (Lipinski definition) is 0. The molecule has 0 aliphatic carbocycles. The van der Waals surface area contributed by atoms with Gasteiger partial charge in [-0.2, -0.15) is 0 Å². The summed E-state index contributed by atoms with van der Waals surface area (Å²) >= 11 is 0. The third-order valence-electron chi connectivity index (χ3n) is 0. The summed E-state index contributed by atoms with van der Waals surface area (Å²) in [5.41, 5.74) is 0. The van der Waals surface area contributed by atoms with Gasteiger partial charge in [-0.05, 0) is 0 Å². The van der Waals surface area contributed by atoms with E-state index in [-0.39, 0.29) is 101 Å². The SMILES string of the molecule is [Ar].[Hg].[NaH].[Ne]. The Balaban J connectivity index is 0. The minimum absolute atomic E-state index is 0. The van der Waals surface area contributed by atoms with Gasteiger partial charge in [-0.25, -0.2) is 0 Å². The Morgan fingerprint density at radius 1 is 1.00 bits per heavy atom. The van der Waals surface area contributed by atoms with E-state index in [1.54, 1.807) is 0 Å². The van der Waals surface area contributed by atoms with Gasteiger partial charge in [-0.3, -0.25) is 0 Å². The summed E-state index contributed by atoms with van der Waals surface area (Å²) in [6.45, 7) is 0. The summed E-state index contributed by atoms with van der Waals surface area (Å²) in [5, 5.41) is 0. The molecule has 0 N–H and O–H groups in total. The van der Waals surface area contributed by atoms with Crippen molar-refractivity contribution in [3.8, 4) is 0 Å². The molecule has 0 unspecified atom stereocenters. The smallest absolute Gasteiger partial charge is 0 e. The Labute approximate surface area is 98.7 Å². The van der Waals surface area contributed by atoms with Gasteiger partial charge in [-0.1, -0.05) is 0 Å². The molecule has 0 nitrogen and oxygen atoms in total. The van der Waals surface area contributed by atoms with E-state index in [4.69, 9.17) is 0 Å². The molecule has 0 aromatic heterocycles. The average molecular weight is 285 g/mol. The fraction of sp³-hybridized carbons (Fsp3) is 0. The fourth-order valence-corrected chi connectivity index (χ4v) is 0. The first-order chi connectivity index (χ1) is 0. The molecule has 0 saturated carbocycles. The number of hydrogen-bond donors (Lipinski definition) is 0. The maximum Gasteiger partial charge on any atom is 0 e. The van der Waals surface area contributed by atoms with Crippen molar-refractivity contribution in [3.05, 3.63) is 0 Å². The van der Waals surface area contributed by atoms with E-state index in [1.807, 2.05) is 0 Å². The van der Waals surface area contributed by atoms with Crippen LogP contribution in [0.5, 0.6) is 0 Å². The maximum atomic E-state index is 0. The summed E-state index contributed by atoms with van der Waals surface area (Å²) in [6.07, 6.45) is 0. The van der Waals surface area contributed by atoms with E-state index in [0.717, 1.165) is 0 Å².